The first-order valence-corrected chi connectivity index (χ1v) is 6.44. The molecule has 1 heterocycles. The van der Waals surface area contributed by atoms with Crippen molar-refractivity contribution < 1.29 is 4.74 Å². The molecule has 0 amide bonds. The Balaban J connectivity index is 2.16. The number of nitrogen functional groups attached to an aromatic ring is 1. The van der Waals surface area contributed by atoms with Crippen LogP contribution < -0.4 is 16.0 Å². The first kappa shape index (κ1) is 13.1. The monoisotopic (exact) mass is 284 g/mol. The number of aromatic nitrogens is 2. The number of nitrogens with zero attached hydrogens (tertiary/aromatic N) is 2. The van der Waals surface area contributed by atoms with Gasteiger partial charge in [0.05, 0.1) is 0 Å². The average Bonchev–Trinajstić information content (AvgIpc) is 2.75. The van der Waals surface area contributed by atoms with Gasteiger partial charge in [-0.3, -0.25) is 0 Å². The molecule has 5 nitrogen and oxygen atoms in total. The molecule has 1 aromatic carbocycles. The standard InChI is InChI=1S/C11H13ClN4OS/c1-6-3-8(12)4-7(2)10(6)17-5-9-11(14-13)18-16-15-9/h3-4,14H,5,13H2,1-2H3. The number of rotatable bonds is 4. The predicted molar refractivity (Wildman–Crippen MR) is 73.0 cm³/mol. The number of aryl methyl sites for hydroxylation is 2. The highest BCUT2D eigenvalue weighted by Gasteiger charge is 2.10. The molecule has 3 N–H and O–H groups in total. The summed E-state index contributed by atoms with van der Waals surface area (Å²) >= 11 is 7.16. The van der Waals surface area contributed by atoms with E-state index < -0.39 is 0 Å². The summed E-state index contributed by atoms with van der Waals surface area (Å²) in [6.07, 6.45) is 0. The van der Waals surface area contributed by atoms with Crippen molar-refractivity contribution in [3.05, 3.63) is 34.0 Å². The van der Waals surface area contributed by atoms with Crippen LogP contribution in [0.4, 0.5) is 5.00 Å². The largest absolute Gasteiger partial charge is 0.487 e. The molecule has 0 aliphatic rings. The van der Waals surface area contributed by atoms with Crippen LogP contribution in [-0.2, 0) is 6.61 Å². The molecule has 0 atom stereocenters. The van der Waals surface area contributed by atoms with Crippen LogP contribution in [0.2, 0.25) is 5.02 Å². The van der Waals surface area contributed by atoms with E-state index in [2.05, 4.69) is 15.0 Å². The second kappa shape index (κ2) is 5.51. The van der Waals surface area contributed by atoms with E-state index in [1.807, 2.05) is 26.0 Å². The van der Waals surface area contributed by atoms with Gasteiger partial charge in [-0.2, -0.15) is 0 Å². The molecule has 0 spiro atoms. The van der Waals surface area contributed by atoms with Gasteiger partial charge in [0, 0.05) is 16.6 Å². The van der Waals surface area contributed by atoms with Gasteiger partial charge < -0.3 is 10.2 Å². The molecule has 2 rings (SSSR count). The van der Waals surface area contributed by atoms with Crippen LogP contribution in [0.15, 0.2) is 12.1 Å². The molecule has 18 heavy (non-hydrogen) atoms. The Morgan fingerprint density at radius 3 is 2.67 bits per heavy atom. The maximum absolute atomic E-state index is 5.97. The minimum Gasteiger partial charge on any atom is -0.487 e. The molecular formula is C11H13ClN4OS. The van der Waals surface area contributed by atoms with E-state index in [0.717, 1.165) is 16.9 Å². The molecular weight excluding hydrogens is 272 g/mol. The first-order chi connectivity index (χ1) is 8.61. The number of hydrazine groups is 1. The molecule has 0 saturated carbocycles. The number of nitrogens with two attached hydrogens (primary N) is 1. The molecule has 0 aliphatic carbocycles. The van der Waals surface area contributed by atoms with E-state index in [1.54, 1.807) is 0 Å². The maximum Gasteiger partial charge on any atom is 0.150 e. The zero-order valence-electron chi connectivity index (χ0n) is 10.0. The van der Waals surface area contributed by atoms with Crippen LogP contribution >= 0.6 is 23.1 Å². The molecule has 0 saturated heterocycles. The highest BCUT2D eigenvalue weighted by Crippen LogP contribution is 2.28. The number of hydrogen-bond acceptors (Lipinski definition) is 6. The van der Waals surface area contributed by atoms with E-state index in [0.29, 0.717) is 22.3 Å². The number of benzene rings is 1. The highest BCUT2D eigenvalue weighted by molar-refractivity contribution is 7.10. The smallest absolute Gasteiger partial charge is 0.150 e. The summed E-state index contributed by atoms with van der Waals surface area (Å²) in [6, 6.07) is 3.73. The van der Waals surface area contributed by atoms with Gasteiger partial charge >= 0.3 is 0 Å². The van der Waals surface area contributed by atoms with Crippen molar-refractivity contribution in [2.75, 3.05) is 5.43 Å². The summed E-state index contributed by atoms with van der Waals surface area (Å²) in [5.74, 6) is 6.17. The summed E-state index contributed by atoms with van der Waals surface area (Å²) in [6.45, 7) is 4.23. The predicted octanol–water partition coefficient (Wildman–Crippen LogP) is 2.67. The van der Waals surface area contributed by atoms with E-state index in [4.69, 9.17) is 22.2 Å². The second-order valence-corrected chi connectivity index (χ2v) is 5.04. The van der Waals surface area contributed by atoms with Gasteiger partial charge in [0.25, 0.3) is 0 Å². The molecule has 0 aliphatic heterocycles. The molecule has 96 valence electrons. The minimum atomic E-state index is 0.319. The number of nitrogens with one attached hydrogen (secondary N) is 1. The summed E-state index contributed by atoms with van der Waals surface area (Å²) in [5, 5.41) is 5.37. The third-order valence-electron chi connectivity index (χ3n) is 2.47. The summed E-state index contributed by atoms with van der Waals surface area (Å²) in [7, 11) is 0. The average molecular weight is 285 g/mol. The molecule has 0 radical (unpaired) electrons. The van der Waals surface area contributed by atoms with Gasteiger partial charge in [-0.05, 0) is 37.1 Å². The van der Waals surface area contributed by atoms with Crippen molar-refractivity contribution in [2.24, 2.45) is 5.84 Å². The molecule has 7 heteroatoms. The van der Waals surface area contributed by atoms with Crippen molar-refractivity contribution in [1.82, 2.24) is 9.59 Å². The lowest BCUT2D eigenvalue weighted by atomic mass is 10.1. The Hall–Kier alpha value is -1.37. The van der Waals surface area contributed by atoms with Crippen LogP contribution in [0.5, 0.6) is 5.75 Å². The Morgan fingerprint density at radius 1 is 1.39 bits per heavy atom. The summed E-state index contributed by atoms with van der Waals surface area (Å²) in [5.41, 5.74) is 5.22. The van der Waals surface area contributed by atoms with Gasteiger partial charge in [-0.1, -0.05) is 16.1 Å². The number of anilines is 1. The van der Waals surface area contributed by atoms with Crippen molar-refractivity contribution >= 4 is 28.1 Å². The SMILES string of the molecule is Cc1cc(Cl)cc(C)c1OCc1nnsc1NN. The molecule has 0 unspecified atom stereocenters. The normalized spacial score (nSPS) is 10.4. The summed E-state index contributed by atoms with van der Waals surface area (Å²) < 4.78 is 9.57. The fourth-order valence-electron chi connectivity index (χ4n) is 1.68. The van der Waals surface area contributed by atoms with Gasteiger partial charge in [-0.15, -0.1) is 5.10 Å². The fraction of sp³-hybridized carbons (Fsp3) is 0.273. The van der Waals surface area contributed by atoms with Gasteiger partial charge in [-0.25, -0.2) is 5.84 Å². The minimum absolute atomic E-state index is 0.319. The topological polar surface area (TPSA) is 73.1 Å². The zero-order valence-corrected chi connectivity index (χ0v) is 11.6. The van der Waals surface area contributed by atoms with Crippen molar-refractivity contribution in [3.63, 3.8) is 0 Å². The quantitative estimate of drug-likeness (QED) is 0.667. The fourth-order valence-corrected chi connectivity index (χ4v) is 2.48. The van der Waals surface area contributed by atoms with E-state index in [9.17, 15) is 0 Å². The zero-order chi connectivity index (χ0) is 13.1. The Morgan fingerprint density at radius 2 is 2.06 bits per heavy atom. The highest BCUT2D eigenvalue weighted by atomic mass is 35.5. The van der Waals surface area contributed by atoms with E-state index in [1.165, 1.54) is 11.5 Å². The maximum atomic E-state index is 5.97. The number of halogens is 1. The van der Waals surface area contributed by atoms with Crippen LogP contribution in [0.25, 0.3) is 0 Å². The van der Waals surface area contributed by atoms with Crippen LogP contribution in [-0.4, -0.2) is 9.59 Å². The van der Waals surface area contributed by atoms with Gasteiger partial charge in [0.2, 0.25) is 0 Å². The van der Waals surface area contributed by atoms with Gasteiger partial charge in [0.1, 0.15) is 18.1 Å². The lowest BCUT2D eigenvalue weighted by Gasteiger charge is -2.12. The van der Waals surface area contributed by atoms with E-state index >= 15 is 0 Å². The van der Waals surface area contributed by atoms with Crippen molar-refractivity contribution in [2.45, 2.75) is 20.5 Å². The van der Waals surface area contributed by atoms with Crippen LogP contribution in [0, 0.1) is 13.8 Å². The Bertz CT molecular complexity index is 535. The van der Waals surface area contributed by atoms with E-state index in [-0.39, 0.29) is 0 Å². The number of hydrogen-bond donors (Lipinski definition) is 2. The Kier molecular flexibility index (Phi) is 4.00. The van der Waals surface area contributed by atoms with Gasteiger partial charge in [0.15, 0.2) is 5.00 Å². The lowest BCUT2D eigenvalue weighted by molar-refractivity contribution is 0.297. The third-order valence-corrected chi connectivity index (χ3v) is 3.38. The molecule has 2 aromatic rings. The Labute approximate surface area is 114 Å². The molecule has 0 fully saturated rings. The first-order valence-electron chi connectivity index (χ1n) is 5.29. The van der Waals surface area contributed by atoms with Crippen LogP contribution in [0.3, 0.4) is 0 Å². The van der Waals surface area contributed by atoms with Crippen LogP contribution in [0.1, 0.15) is 16.8 Å². The summed E-state index contributed by atoms with van der Waals surface area (Å²) in [4.78, 5) is 0. The number of ether oxygens (including phenoxy) is 1. The second-order valence-electron chi connectivity index (χ2n) is 3.85. The molecule has 1 aromatic heterocycles. The molecule has 0 bridgehead atoms. The van der Waals surface area contributed by atoms with Crippen molar-refractivity contribution in [3.8, 4) is 5.75 Å². The third kappa shape index (κ3) is 2.72. The lowest BCUT2D eigenvalue weighted by Crippen LogP contribution is -2.09. The van der Waals surface area contributed by atoms with Crippen molar-refractivity contribution in [1.29, 1.82) is 0 Å².